The normalized spacial score (nSPS) is 23.9. The molecule has 1 aromatic rings. The smallest absolute Gasteiger partial charge is 0.124 e. The van der Waals surface area contributed by atoms with Gasteiger partial charge in [-0.1, -0.05) is 19.1 Å². The van der Waals surface area contributed by atoms with Crippen LogP contribution in [0.3, 0.4) is 0 Å². The summed E-state index contributed by atoms with van der Waals surface area (Å²) in [4.78, 5) is 0. The second kappa shape index (κ2) is 5.33. The minimum Gasteiger partial charge on any atom is -0.507 e. The zero-order valence-corrected chi connectivity index (χ0v) is 11.7. The summed E-state index contributed by atoms with van der Waals surface area (Å²) in [5.74, 6) is -0.00897. The van der Waals surface area contributed by atoms with Crippen LogP contribution < -0.4 is 0 Å². The number of hydrogen-bond acceptors (Lipinski definition) is 2. The van der Waals surface area contributed by atoms with Crippen molar-refractivity contribution in [2.24, 2.45) is 5.92 Å². The van der Waals surface area contributed by atoms with E-state index in [1.807, 2.05) is 6.08 Å². The number of ether oxygens (including phenoxy) is 1. The highest BCUT2D eigenvalue weighted by Gasteiger charge is 2.33. The van der Waals surface area contributed by atoms with Gasteiger partial charge < -0.3 is 9.84 Å². The largest absolute Gasteiger partial charge is 0.507 e. The average molecular weight is 264 g/mol. The molecule has 1 fully saturated rings. The fraction of sp³-hybridized carbons (Fsp3) is 0.500. The van der Waals surface area contributed by atoms with Crippen molar-refractivity contribution in [3.05, 3.63) is 35.7 Å². The van der Waals surface area contributed by atoms with E-state index in [0.29, 0.717) is 5.56 Å². The highest BCUT2D eigenvalue weighted by molar-refractivity contribution is 5.56. The molecule has 1 aromatic carbocycles. The zero-order chi connectivity index (χ0) is 14.0. The predicted molar refractivity (Wildman–Crippen MR) is 74.4 cm³/mol. The van der Waals surface area contributed by atoms with Gasteiger partial charge in [0.2, 0.25) is 0 Å². The van der Waals surface area contributed by atoms with Crippen LogP contribution in [0.4, 0.5) is 4.39 Å². The first-order chi connectivity index (χ1) is 8.87. The summed E-state index contributed by atoms with van der Waals surface area (Å²) in [6.07, 6.45) is 6.02. The van der Waals surface area contributed by atoms with E-state index in [0.717, 1.165) is 12.8 Å². The Morgan fingerprint density at radius 3 is 2.84 bits per heavy atom. The third-order valence-corrected chi connectivity index (χ3v) is 3.66. The van der Waals surface area contributed by atoms with Crippen LogP contribution in [0.2, 0.25) is 0 Å². The second-order valence-electron chi connectivity index (χ2n) is 5.88. The number of phenolic OH excluding ortho intramolecular Hbond substituents is 1. The van der Waals surface area contributed by atoms with E-state index in [-0.39, 0.29) is 29.2 Å². The molecule has 2 atom stereocenters. The molecule has 0 spiro atoms. The maximum absolute atomic E-state index is 13.1. The Bertz CT molecular complexity index is 480. The maximum atomic E-state index is 13.1. The summed E-state index contributed by atoms with van der Waals surface area (Å²) in [7, 11) is 0. The highest BCUT2D eigenvalue weighted by atomic mass is 19.1. The molecule has 0 saturated carbocycles. The van der Waals surface area contributed by atoms with Crippen molar-refractivity contribution in [1.82, 2.24) is 0 Å². The van der Waals surface area contributed by atoms with Gasteiger partial charge in [-0.3, -0.25) is 0 Å². The Kier molecular flexibility index (Phi) is 3.95. The third-order valence-electron chi connectivity index (χ3n) is 3.66. The van der Waals surface area contributed by atoms with Crippen LogP contribution in [0.1, 0.15) is 39.2 Å². The van der Waals surface area contributed by atoms with Crippen LogP contribution in [0.5, 0.6) is 5.75 Å². The van der Waals surface area contributed by atoms with Crippen LogP contribution >= 0.6 is 0 Å². The molecule has 1 aliphatic rings. The number of rotatable bonds is 3. The summed E-state index contributed by atoms with van der Waals surface area (Å²) in [5, 5.41) is 9.65. The molecule has 1 unspecified atom stereocenters. The molecular formula is C16H21FO2. The molecule has 2 nitrogen and oxygen atoms in total. The van der Waals surface area contributed by atoms with Crippen LogP contribution in [-0.4, -0.2) is 16.8 Å². The summed E-state index contributed by atoms with van der Waals surface area (Å²) in [5.41, 5.74) is 0.456. The van der Waals surface area contributed by atoms with Gasteiger partial charge in [-0.15, -0.1) is 0 Å². The predicted octanol–water partition coefficient (Wildman–Crippen LogP) is 4.14. The Hall–Kier alpha value is -1.35. The van der Waals surface area contributed by atoms with Gasteiger partial charge in [-0.05, 0) is 44.9 Å². The number of phenols is 1. The highest BCUT2D eigenvalue weighted by Crippen LogP contribution is 2.33. The number of aromatic hydroxyl groups is 1. The molecule has 2 rings (SSSR count). The number of benzene rings is 1. The van der Waals surface area contributed by atoms with Gasteiger partial charge in [0.15, 0.2) is 0 Å². The van der Waals surface area contributed by atoms with E-state index in [9.17, 15) is 9.50 Å². The van der Waals surface area contributed by atoms with Crippen molar-refractivity contribution in [3.63, 3.8) is 0 Å². The van der Waals surface area contributed by atoms with Crippen LogP contribution in [-0.2, 0) is 4.74 Å². The monoisotopic (exact) mass is 264 g/mol. The number of hydrogen-bond donors (Lipinski definition) is 1. The van der Waals surface area contributed by atoms with Crippen LogP contribution in [0, 0.1) is 11.7 Å². The van der Waals surface area contributed by atoms with Gasteiger partial charge in [0, 0.05) is 11.5 Å². The molecular weight excluding hydrogens is 243 g/mol. The van der Waals surface area contributed by atoms with Crippen molar-refractivity contribution in [2.45, 2.75) is 45.3 Å². The van der Waals surface area contributed by atoms with Crippen molar-refractivity contribution < 1.29 is 14.2 Å². The lowest BCUT2D eigenvalue weighted by atomic mass is 9.98. The first-order valence-corrected chi connectivity index (χ1v) is 6.72. The van der Waals surface area contributed by atoms with E-state index in [2.05, 4.69) is 20.8 Å². The molecule has 0 aliphatic carbocycles. The summed E-state index contributed by atoms with van der Waals surface area (Å²) < 4.78 is 19.1. The van der Waals surface area contributed by atoms with Gasteiger partial charge in [-0.25, -0.2) is 4.39 Å². The molecule has 104 valence electrons. The minimum absolute atomic E-state index is 0.0479. The summed E-state index contributed by atoms with van der Waals surface area (Å²) >= 11 is 0. The molecule has 1 N–H and O–H groups in total. The van der Waals surface area contributed by atoms with Crippen molar-refractivity contribution in [1.29, 1.82) is 0 Å². The lowest BCUT2D eigenvalue weighted by Gasteiger charge is -2.21. The second-order valence-corrected chi connectivity index (χ2v) is 5.88. The van der Waals surface area contributed by atoms with E-state index in [1.165, 1.54) is 18.2 Å². The summed E-state index contributed by atoms with van der Waals surface area (Å²) in [6.45, 7) is 6.28. The first-order valence-electron chi connectivity index (χ1n) is 6.72. The summed E-state index contributed by atoms with van der Waals surface area (Å²) in [6, 6.07) is 3.95. The van der Waals surface area contributed by atoms with Crippen molar-refractivity contribution in [2.75, 3.05) is 0 Å². The van der Waals surface area contributed by atoms with Crippen molar-refractivity contribution >= 4 is 6.08 Å². The molecule has 3 heteroatoms. The Labute approximate surface area is 113 Å². The topological polar surface area (TPSA) is 29.5 Å². The molecule has 1 aliphatic heterocycles. The van der Waals surface area contributed by atoms with E-state index >= 15 is 0 Å². The van der Waals surface area contributed by atoms with Gasteiger partial charge in [0.1, 0.15) is 11.6 Å². The van der Waals surface area contributed by atoms with Gasteiger partial charge in [0.25, 0.3) is 0 Å². The first kappa shape index (κ1) is 14.1. The fourth-order valence-corrected chi connectivity index (χ4v) is 2.43. The minimum atomic E-state index is -0.344. The molecule has 19 heavy (non-hydrogen) atoms. The van der Waals surface area contributed by atoms with Gasteiger partial charge >= 0.3 is 0 Å². The molecule has 0 radical (unpaired) electrons. The molecule has 0 bridgehead atoms. The fourth-order valence-electron chi connectivity index (χ4n) is 2.43. The Morgan fingerprint density at radius 2 is 2.21 bits per heavy atom. The Morgan fingerprint density at radius 1 is 1.47 bits per heavy atom. The molecule has 0 amide bonds. The van der Waals surface area contributed by atoms with E-state index in [4.69, 9.17) is 4.74 Å². The quantitative estimate of drug-likeness (QED) is 0.889. The van der Waals surface area contributed by atoms with E-state index < -0.39 is 0 Å². The third kappa shape index (κ3) is 3.57. The maximum Gasteiger partial charge on any atom is 0.124 e. The Balaban J connectivity index is 2.04. The zero-order valence-electron chi connectivity index (χ0n) is 11.7. The lowest BCUT2D eigenvalue weighted by Crippen LogP contribution is -2.23. The van der Waals surface area contributed by atoms with Crippen LogP contribution in [0.25, 0.3) is 6.08 Å². The standard InChI is InChI=1S/C16H21FO2/c1-11(15-8-9-16(2,3)19-15)4-5-12-10-13(17)6-7-14(12)18/h4-7,10-11,15,18H,8-9H2,1-3H3/b5-4+/t11?,15-/m0/s1. The van der Waals surface area contributed by atoms with Gasteiger partial charge in [0.05, 0.1) is 11.7 Å². The lowest BCUT2D eigenvalue weighted by molar-refractivity contribution is -0.0292. The molecule has 1 saturated heterocycles. The van der Waals surface area contributed by atoms with E-state index in [1.54, 1.807) is 6.08 Å². The number of halogens is 1. The van der Waals surface area contributed by atoms with Crippen LogP contribution in [0.15, 0.2) is 24.3 Å². The average Bonchev–Trinajstić information content (AvgIpc) is 2.70. The SMILES string of the molecule is CC(/C=C/c1cc(F)ccc1O)[C@@H]1CCC(C)(C)O1. The molecule has 1 heterocycles. The molecule has 0 aromatic heterocycles. The van der Waals surface area contributed by atoms with Gasteiger partial charge in [-0.2, -0.15) is 0 Å². The van der Waals surface area contributed by atoms with Crippen molar-refractivity contribution in [3.8, 4) is 5.75 Å².